The van der Waals surface area contributed by atoms with Crippen LogP contribution in [0.25, 0.3) is 0 Å². The number of rotatable bonds is 3. The fourth-order valence-electron chi connectivity index (χ4n) is 2.96. The lowest BCUT2D eigenvalue weighted by Gasteiger charge is -2.36. The Morgan fingerprint density at radius 2 is 2.18 bits per heavy atom. The third-order valence-electron chi connectivity index (χ3n) is 4.03. The summed E-state index contributed by atoms with van der Waals surface area (Å²) in [6, 6.07) is 0.428. The molecular formula is C13H24N2O2. The third kappa shape index (κ3) is 2.80. The van der Waals surface area contributed by atoms with Crippen molar-refractivity contribution in [3.05, 3.63) is 0 Å². The first kappa shape index (κ1) is 12.8. The van der Waals surface area contributed by atoms with Crippen molar-refractivity contribution in [2.45, 2.75) is 63.7 Å². The van der Waals surface area contributed by atoms with Crippen LogP contribution in [0.5, 0.6) is 0 Å². The van der Waals surface area contributed by atoms with Crippen molar-refractivity contribution in [2.24, 2.45) is 5.73 Å². The molecule has 3 atom stereocenters. The molecule has 2 heterocycles. The highest BCUT2D eigenvalue weighted by atomic mass is 16.5. The van der Waals surface area contributed by atoms with Crippen LogP contribution in [0.3, 0.4) is 0 Å². The molecule has 2 fully saturated rings. The van der Waals surface area contributed by atoms with Crippen molar-refractivity contribution in [3.8, 4) is 0 Å². The first-order chi connectivity index (χ1) is 8.26. The van der Waals surface area contributed by atoms with Crippen molar-refractivity contribution >= 4 is 5.91 Å². The maximum atomic E-state index is 12.4. The van der Waals surface area contributed by atoms with Gasteiger partial charge in [-0.1, -0.05) is 6.92 Å². The first-order valence-electron chi connectivity index (χ1n) is 6.92. The minimum Gasteiger partial charge on any atom is -0.364 e. The maximum absolute atomic E-state index is 12.4. The number of ether oxygens (including phenoxy) is 1. The van der Waals surface area contributed by atoms with Gasteiger partial charge in [-0.2, -0.15) is 0 Å². The minimum absolute atomic E-state index is 0.0915. The summed E-state index contributed by atoms with van der Waals surface area (Å²) in [5.41, 5.74) is 5.58. The Morgan fingerprint density at radius 3 is 2.82 bits per heavy atom. The van der Waals surface area contributed by atoms with Crippen LogP contribution in [-0.4, -0.2) is 42.1 Å². The summed E-state index contributed by atoms with van der Waals surface area (Å²) < 4.78 is 5.70. The molecule has 0 saturated carbocycles. The monoisotopic (exact) mass is 240 g/mol. The molecule has 2 rings (SSSR count). The van der Waals surface area contributed by atoms with E-state index in [-0.39, 0.29) is 18.1 Å². The third-order valence-corrected chi connectivity index (χ3v) is 4.03. The van der Waals surface area contributed by atoms with Crippen LogP contribution in [0.4, 0.5) is 0 Å². The zero-order valence-corrected chi connectivity index (χ0v) is 10.7. The summed E-state index contributed by atoms with van der Waals surface area (Å²) in [6.45, 7) is 3.60. The standard InChI is InChI=1S/C13H24N2O2/c1-2-10-5-3-4-8-15(10)13(16)12-7-6-11(9-14)17-12/h10-12H,2-9,14H2,1H3/t10?,11-,12+/m1/s1. The van der Waals surface area contributed by atoms with Crippen LogP contribution in [0, 0.1) is 0 Å². The lowest BCUT2D eigenvalue weighted by molar-refractivity contribution is -0.146. The molecule has 4 nitrogen and oxygen atoms in total. The van der Waals surface area contributed by atoms with Gasteiger partial charge in [-0.15, -0.1) is 0 Å². The second-order valence-corrected chi connectivity index (χ2v) is 5.15. The molecule has 17 heavy (non-hydrogen) atoms. The highest BCUT2D eigenvalue weighted by Crippen LogP contribution is 2.25. The van der Waals surface area contributed by atoms with Crippen molar-refractivity contribution in [2.75, 3.05) is 13.1 Å². The topological polar surface area (TPSA) is 55.6 Å². The van der Waals surface area contributed by atoms with E-state index in [1.165, 1.54) is 6.42 Å². The van der Waals surface area contributed by atoms with E-state index in [0.29, 0.717) is 12.6 Å². The lowest BCUT2D eigenvalue weighted by Crippen LogP contribution is -2.48. The van der Waals surface area contributed by atoms with Crippen LogP contribution >= 0.6 is 0 Å². The molecule has 1 unspecified atom stereocenters. The van der Waals surface area contributed by atoms with Crippen molar-refractivity contribution < 1.29 is 9.53 Å². The Balaban J connectivity index is 1.94. The van der Waals surface area contributed by atoms with E-state index in [9.17, 15) is 4.79 Å². The molecule has 2 saturated heterocycles. The molecule has 0 radical (unpaired) electrons. The van der Waals surface area contributed by atoms with E-state index in [4.69, 9.17) is 10.5 Å². The largest absolute Gasteiger partial charge is 0.364 e. The smallest absolute Gasteiger partial charge is 0.251 e. The van der Waals surface area contributed by atoms with Gasteiger partial charge in [0, 0.05) is 19.1 Å². The Labute approximate surface area is 103 Å². The molecule has 98 valence electrons. The maximum Gasteiger partial charge on any atom is 0.251 e. The van der Waals surface area contributed by atoms with Gasteiger partial charge in [0.2, 0.25) is 0 Å². The fourth-order valence-corrected chi connectivity index (χ4v) is 2.96. The Hall–Kier alpha value is -0.610. The van der Waals surface area contributed by atoms with E-state index in [1.54, 1.807) is 0 Å². The van der Waals surface area contributed by atoms with Gasteiger partial charge in [-0.25, -0.2) is 0 Å². The van der Waals surface area contributed by atoms with E-state index >= 15 is 0 Å². The van der Waals surface area contributed by atoms with Crippen LogP contribution in [-0.2, 0) is 9.53 Å². The minimum atomic E-state index is -0.226. The molecule has 4 heteroatoms. The highest BCUT2D eigenvalue weighted by molar-refractivity contribution is 5.81. The number of nitrogens with zero attached hydrogens (tertiary/aromatic N) is 1. The second-order valence-electron chi connectivity index (χ2n) is 5.15. The summed E-state index contributed by atoms with van der Waals surface area (Å²) >= 11 is 0. The Kier molecular flexibility index (Phi) is 4.40. The number of amides is 1. The van der Waals surface area contributed by atoms with E-state index < -0.39 is 0 Å². The number of likely N-dealkylation sites (tertiary alicyclic amines) is 1. The van der Waals surface area contributed by atoms with Gasteiger partial charge >= 0.3 is 0 Å². The SMILES string of the molecule is CCC1CCCCN1C(=O)[C@@H]1CC[C@H](CN)O1. The molecule has 1 amide bonds. The van der Waals surface area contributed by atoms with Crippen LogP contribution in [0.2, 0.25) is 0 Å². The number of carbonyl (C=O) groups excluding carboxylic acids is 1. The van der Waals surface area contributed by atoms with Gasteiger partial charge < -0.3 is 15.4 Å². The molecule has 0 spiro atoms. The Morgan fingerprint density at radius 1 is 1.35 bits per heavy atom. The van der Waals surface area contributed by atoms with E-state index in [2.05, 4.69) is 6.92 Å². The van der Waals surface area contributed by atoms with Gasteiger partial charge in [0.15, 0.2) is 0 Å². The van der Waals surface area contributed by atoms with Crippen molar-refractivity contribution in [1.82, 2.24) is 4.90 Å². The van der Waals surface area contributed by atoms with Crippen LogP contribution < -0.4 is 5.73 Å². The van der Waals surface area contributed by atoms with E-state index in [1.807, 2.05) is 4.90 Å². The number of carbonyl (C=O) groups is 1. The quantitative estimate of drug-likeness (QED) is 0.808. The van der Waals surface area contributed by atoms with Gasteiger partial charge in [-0.05, 0) is 38.5 Å². The molecule has 0 aromatic carbocycles. The predicted molar refractivity (Wildman–Crippen MR) is 66.6 cm³/mol. The predicted octanol–water partition coefficient (Wildman–Crippen LogP) is 1.28. The summed E-state index contributed by atoms with van der Waals surface area (Å²) in [7, 11) is 0. The Bertz CT molecular complexity index is 270. The number of piperidine rings is 1. The summed E-state index contributed by atoms with van der Waals surface area (Å²) in [4.78, 5) is 14.4. The number of hydrogen-bond donors (Lipinski definition) is 1. The summed E-state index contributed by atoms with van der Waals surface area (Å²) in [6.07, 6.45) is 6.22. The zero-order valence-electron chi connectivity index (χ0n) is 10.7. The molecule has 2 aliphatic rings. The lowest BCUT2D eigenvalue weighted by atomic mass is 9.99. The molecule has 0 aromatic heterocycles. The molecule has 2 N–H and O–H groups in total. The number of hydrogen-bond acceptors (Lipinski definition) is 3. The van der Waals surface area contributed by atoms with Gasteiger partial charge in [0.25, 0.3) is 5.91 Å². The summed E-state index contributed by atoms with van der Waals surface area (Å²) in [5.74, 6) is 0.201. The van der Waals surface area contributed by atoms with Gasteiger partial charge in [0.1, 0.15) is 6.10 Å². The van der Waals surface area contributed by atoms with Crippen LogP contribution in [0.15, 0.2) is 0 Å². The van der Waals surface area contributed by atoms with Crippen molar-refractivity contribution in [1.29, 1.82) is 0 Å². The normalized spacial score (nSPS) is 34.0. The average molecular weight is 240 g/mol. The van der Waals surface area contributed by atoms with Crippen molar-refractivity contribution in [3.63, 3.8) is 0 Å². The average Bonchev–Trinajstić information content (AvgIpc) is 2.86. The zero-order chi connectivity index (χ0) is 12.3. The first-order valence-corrected chi connectivity index (χ1v) is 6.92. The van der Waals surface area contributed by atoms with Gasteiger partial charge in [0.05, 0.1) is 6.10 Å². The summed E-state index contributed by atoms with van der Waals surface area (Å²) in [5, 5.41) is 0. The molecule has 2 aliphatic heterocycles. The second kappa shape index (κ2) is 5.83. The molecule has 0 bridgehead atoms. The molecule has 0 aromatic rings. The molecule has 0 aliphatic carbocycles. The molecular weight excluding hydrogens is 216 g/mol. The number of nitrogens with two attached hydrogens (primary N) is 1. The van der Waals surface area contributed by atoms with Gasteiger partial charge in [-0.3, -0.25) is 4.79 Å². The fraction of sp³-hybridized carbons (Fsp3) is 0.923. The van der Waals surface area contributed by atoms with E-state index in [0.717, 1.165) is 38.6 Å². The highest BCUT2D eigenvalue weighted by Gasteiger charge is 2.35. The van der Waals surface area contributed by atoms with Crippen LogP contribution in [0.1, 0.15) is 45.4 Å².